The van der Waals surface area contributed by atoms with Crippen molar-refractivity contribution < 1.29 is 8.78 Å². The van der Waals surface area contributed by atoms with E-state index in [2.05, 4.69) is 4.98 Å². The van der Waals surface area contributed by atoms with E-state index in [4.69, 9.17) is 11.6 Å². The third kappa shape index (κ3) is 1.80. The van der Waals surface area contributed by atoms with E-state index < -0.39 is 17.3 Å². The fourth-order valence-electron chi connectivity index (χ4n) is 1.85. The van der Waals surface area contributed by atoms with Gasteiger partial charge in [0.25, 0.3) is 5.56 Å². The molecule has 1 aromatic carbocycles. The molecule has 3 aromatic rings. The van der Waals surface area contributed by atoms with Gasteiger partial charge in [-0.15, -0.1) is 0 Å². The summed E-state index contributed by atoms with van der Waals surface area (Å²) in [7, 11) is 0. The van der Waals surface area contributed by atoms with E-state index in [-0.39, 0.29) is 16.5 Å². The molecule has 0 aliphatic rings. The van der Waals surface area contributed by atoms with Gasteiger partial charge in [0.1, 0.15) is 5.82 Å². The highest BCUT2D eigenvalue weighted by molar-refractivity contribution is 6.30. The average Bonchev–Trinajstić information content (AvgIpc) is 2.81. The molecule has 2 heterocycles. The first-order chi connectivity index (χ1) is 9.08. The normalized spacial score (nSPS) is 11.1. The first-order valence-electron chi connectivity index (χ1n) is 5.28. The van der Waals surface area contributed by atoms with Crippen molar-refractivity contribution in [2.45, 2.75) is 0 Å². The van der Waals surface area contributed by atoms with Crippen LogP contribution >= 0.6 is 11.6 Å². The summed E-state index contributed by atoms with van der Waals surface area (Å²) in [4.78, 5) is 15.7. The molecule has 0 spiro atoms. The van der Waals surface area contributed by atoms with Crippen LogP contribution in [0.15, 0.2) is 41.5 Å². The number of halogens is 3. The molecule has 0 fully saturated rings. The van der Waals surface area contributed by atoms with Gasteiger partial charge in [-0.2, -0.15) is 4.39 Å². The first kappa shape index (κ1) is 11.9. The van der Waals surface area contributed by atoms with E-state index in [1.54, 1.807) is 0 Å². The molecule has 0 radical (unpaired) electrons. The Labute approximate surface area is 110 Å². The third-order valence-electron chi connectivity index (χ3n) is 2.66. The molecule has 0 N–H and O–H groups in total. The molecule has 0 bridgehead atoms. The number of benzene rings is 1. The minimum absolute atomic E-state index is 0.00813. The molecule has 19 heavy (non-hydrogen) atoms. The van der Waals surface area contributed by atoms with Crippen LogP contribution in [0.3, 0.4) is 0 Å². The van der Waals surface area contributed by atoms with Gasteiger partial charge < -0.3 is 0 Å². The number of imidazole rings is 1. The van der Waals surface area contributed by atoms with Crippen LogP contribution in [0.1, 0.15) is 0 Å². The van der Waals surface area contributed by atoms with E-state index in [1.807, 2.05) is 0 Å². The van der Waals surface area contributed by atoms with Gasteiger partial charge in [-0.1, -0.05) is 11.6 Å². The Balaban J connectivity index is 2.42. The first-order valence-corrected chi connectivity index (χ1v) is 5.66. The fraction of sp³-hybridized carbons (Fsp3) is 0. The van der Waals surface area contributed by atoms with Crippen molar-refractivity contribution >= 4 is 17.4 Å². The summed E-state index contributed by atoms with van der Waals surface area (Å²) in [5.74, 6) is -1.46. The highest BCUT2D eigenvalue weighted by atomic mass is 35.5. The molecule has 0 saturated heterocycles. The smallest absolute Gasteiger partial charge is 0.262 e. The molecule has 0 atom stereocenters. The largest absolute Gasteiger partial charge is 0.269 e. The Morgan fingerprint density at radius 1 is 1.21 bits per heavy atom. The molecule has 0 aliphatic carbocycles. The van der Waals surface area contributed by atoms with Crippen molar-refractivity contribution in [2.24, 2.45) is 0 Å². The summed E-state index contributed by atoms with van der Waals surface area (Å²) >= 11 is 5.66. The lowest BCUT2D eigenvalue weighted by Crippen LogP contribution is -2.22. The van der Waals surface area contributed by atoms with Crippen LogP contribution in [0.5, 0.6) is 0 Å². The number of hydrogen-bond donors (Lipinski definition) is 0. The van der Waals surface area contributed by atoms with Crippen LogP contribution in [-0.4, -0.2) is 14.0 Å². The number of hydrogen-bond acceptors (Lipinski definition) is 2. The summed E-state index contributed by atoms with van der Waals surface area (Å²) in [5, 5.41) is 0.204. The summed E-state index contributed by atoms with van der Waals surface area (Å²) in [6, 6.07) is 4.62. The summed E-state index contributed by atoms with van der Waals surface area (Å²) in [5.41, 5.74) is -0.747. The molecule has 0 unspecified atom stereocenters. The van der Waals surface area contributed by atoms with Crippen molar-refractivity contribution in [2.75, 3.05) is 0 Å². The van der Waals surface area contributed by atoms with Crippen LogP contribution in [0.25, 0.3) is 11.5 Å². The molecule has 2 aromatic heterocycles. The van der Waals surface area contributed by atoms with Crippen LogP contribution < -0.4 is 5.56 Å². The number of fused-ring (bicyclic) bond motifs is 1. The second-order valence-electron chi connectivity index (χ2n) is 3.83. The molecule has 0 amide bonds. The van der Waals surface area contributed by atoms with Crippen LogP contribution in [0, 0.1) is 11.8 Å². The van der Waals surface area contributed by atoms with Gasteiger partial charge in [-0.05, 0) is 18.2 Å². The lowest BCUT2D eigenvalue weighted by molar-refractivity contribution is 0.555. The minimum atomic E-state index is -0.761. The quantitative estimate of drug-likeness (QED) is 0.643. The second kappa shape index (κ2) is 4.17. The highest BCUT2D eigenvalue weighted by Gasteiger charge is 2.14. The van der Waals surface area contributed by atoms with Gasteiger partial charge in [0.05, 0.1) is 11.8 Å². The van der Waals surface area contributed by atoms with Crippen LogP contribution in [0.4, 0.5) is 8.78 Å². The van der Waals surface area contributed by atoms with Gasteiger partial charge in [0, 0.05) is 17.4 Å². The molecule has 4 nitrogen and oxygen atoms in total. The van der Waals surface area contributed by atoms with E-state index >= 15 is 0 Å². The Morgan fingerprint density at radius 2 is 2.00 bits per heavy atom. The van der Waals surface area contributed by atoms with E-state index in [0.717, 1.165) is 21.1 Å². The van der Waals surface area contributed by atoms with Gasteiger partial charge in [0.2, 0.25) is 11.7 Å². The second-order valence-corrected chi connectivity index (χ2v) is 4.27. The predicted octanol–water partition coefficient (Wildman–Crippen LogP) is 2.42. The van der Waals surface area contributed by atoms with Crippen LogP contribution in [0.2, 0.25) is 5.02 Å². The van der Waals surface area contributed by atoms with Crippen molar-refractivity contribution in [3.63, 3.8) is 0 Å². The Morgan fingerprint density at radius 3 is 2.74 bits per heavy atom. The number of aromatic nitrogens is 3. The van der Waals surface area contributed by atoms with E-state index in [0.29, 0.717) is 0 Å². The zero-order valence-electron chi connectivity index (χ0n) is 9.35. The zero-order chi connectivity index (χ0) is 13.6. The summed E-state index contributed by atoms with van der Waals surface area (Å²) in [6.07, 6.45) is 2.66. The maximum atomic E-state index is 13.9. The molecule has 7 heteroatoms. The van der Waals surface area contributed by atoms with Gasteiger partial charge in [-0.3, -0.25) is 9.20 Å². The summed E-state index contributed by atoms with van der Waals surface area (Å²) < 4.78 is 29.4. The maximum absolute atomic E-state index is 13.9. The van der Waals surface area contributed by atoms with Crippen molar-refractivity contribution in [3.05, 3.63) is 63.8 Å². The lowest BCUT2D eigenvalue weighted by Gasteiger charge is -2.09. The minimum Gasteiger partial charge on any atom is -0.269 e. The number of rotatable bonds is 1. The molecule has 3 rings (SSSR count). The van der Waals surface area contributed by atoms with Gasteiger partial charge >= 0.3 is 0 Å². The Kier molecular flexibility index (Phi) is 2.60. The Hall–Kier alpha value is -2.21. The monoisotopic (exact) mass is 281 g/mol. The summed E-state index contributed by atoms with van der Waals surface area (Å²) in [6.45, 7) is 0. The van der Waals surface area contributed by atoms with Crippen molar-refractivity contribution in [3.8, 4) is 5.69 Å². The SMILES string of the molecule is O=c1cc(F)n2ccnc2n1-c1ccc(Cl)cc1F. The predicted molar refractivity (Wildman–Crippen MR) is 65.7 cm³/mol. The van der Waals surface area contributed by atoms with Crippen molar-refractivity contribution in [1.82, 2.24) is 14.0 Å². The van der Waals surface area contributed by atoms with Gasteiger partial charge in [0.15, 0.2) is 0 Å². The molecular weight excluding hydrogens is 276 g/mol. The molecular formula is C12H6ClF2N3O. The Bertz CT molecular complexity index is 841. The lowest BCUT2D eigenvalue weighted by atomic mass is 10.3. The molecule has 0 saturated carbocycles. The maximum Gasteiger partial charge on any atom is 0.262 e. The number of nitrogens with zero attached hydrogens (tertiary/aromatic N) is 3. The molecule has 0 aliphatic heterocycles. The van der Waals surface area contributed by atoms with Crippen molar-refractivity contribution in [1.29, 1.82) is 0 Å². The third-order valence-corrected chi connectivity index (χ3v) is 2.90. The standard InChI is InChI=1S/C12H6ClF2N3O/c13-7-1-2-9(8(14)5-7)18-11(19)6-10(15)17-4-3-16-12(17)18/h1-6H. The highest BCUT2D eigenvalue weighted by Crippen LogP contribution is 2.18. The van der Waals surface area contributed by atoms with Gasteiger partial charge in [-0.25, -0.2) is 13.9 Å². The fourth-order valence-corrected chi connectivity index (χ4v) is 2.01. The topological polar surface area (TPSA) is 39.3 Å². The molecule has 96 valence electrons. The zero-order valence-corrected chi connectivity index (χ0v) is 10.1. The van der Waals surface area contributed by atoms with E-state index in [9.17, 15) is 13.6 Å². The van der Waals surface area contributed by atoms with E-state index in [1.165, 1.54) is 24.5 Å². The van der Waals surface area contributed by atoms with Crippen LogP contribution in [-0.2, 0) is 0 Å². The average molecular weight is 282 g/mol.